The zero-order chi connectivity index (χ0) is 21.9. The van der Waals surface area contributed by atoms with E-state index in [1.165, 1.54) is 14.2 Å². The fourth-order valence-corrected chi connectivity index (χ4v) is 3.19. The van der Waals surface area contributed by atoms with E-state index in [0.29, 0.717) is 31.1 Å². The number of morpholine rings is 1. The summed E-state index contributed by atoms with van der Waals surface area (Å²) in [6.45, 7) is 3.17. The van der Waals surface area contributed by atoms with Gasteiger partial charge in [-0.2, -0.15) is 18.2 Å². The molecular weight excluding hydrogens is 403 g/mol. The summed E-state index contributed by atoms with van der Waals surface area (Å²) in [5, 5.41) is 5.38. The molecule has 30 heavy (non-hydrogen) atoms. The van der Waals surface area contributed by atoms with Crippen LogP contribution in [0.5, 0.6) is 5.75 Å². The molecule has 8 nitrogen and oxygen atoms in total. The lowest BCUT2D eigenvalue weighted by atomic mass is 10.0. The molecular formula is C19H22F3N5O3. The van der Waals surface area contributed by atoms with E-state index in [1.807, 2.05) is 13.0 Å². The Kier molecular flexibility index (Phi) is 6.30. The number of benzene rings is 1. The first-order chi connectivity index (χ1) is 14.3. The van der Waals surface area contributed by atoms with Crippen LogP contribution in [0.2, 0.25) is 0 Å². The van der Waals surface area contributed by atoms with E-state index in [4.69, 9.17) is 9.47 Å². The highest BCUT2D eigenvalue weighted by Crippen LogP contribution is 2.36. The SMILES string of the molecule is CNc1nc(Nc2cc(OC)c(C3CN(C=O)CCO3)cc2C)ncc1C(F)(F)F. The lowest BCUT2D eigenvalue weighted by Gasteiger charge is -2.31. The van der Waals surface area contributed by atoms with Crippen LogP contribution >= 0.6 is 0 Å². The van der Waals surface area contributed by atoms with E-state index in [2.05, 4.69) is 20.6 Å². The second-order valence-electron chi connectivity index (χ2n) is 6.70. The third kappa shape index (κ3) is 4.56. The number of nitrogens with one attached hydrogen (secondary N) is 2. The molecule has 2 N–H and O–H groups in total. The topological polar surface area (TPSA) is 88.6 Å². The Labute approximate surface area is 171 Å². The van der Waals surface area contributed by atoms with Crippen molar-refractivity contribution in [1.82, 2.24) is 14.9 Å². The number of halogens is 3. The third-order valence-electron chi connectivity index (χ3n) is 4.75. The molecule has 1 fully saturated rings. The zero-order valence-corrected chi connectivity index (χ0v) is 16.7. The number of aryl methyl sites for hydroxylation is 1. The van der Waals surface area contributed by atoms with E-state index < -0.39 is 11.7 Å². The van der Waals surface area contributed by atoms with Crippen LogP contribution in [0, 0.1) is 6.92 Å². The number of carbonyl (C=O) groups is 1. The first-order valence-corrected chi connectivity index (χ1v) is 9.15. The summed E-state index contributed by atoms with van der Waals surface area (Å²) in [6.07, 6.45) is -3.39. The minimum Gasteiger partial charge on any atom is -0.496 e. The number of rotatable bonds is 6. The van der Waals surface area contributed by atoms with Crippen molar-refractivity contribution in [3.63, 3.8) is 0 Å². The number of hydrogen-bond donors (Lipinski definition) is 2. The van der Waals surface area contributed by atoms with E-state index in [9.17, 15) is 18.0 Å². The molecule has 1 aliphatic rings. The summed E-state index contributed by atoms with van der Waals surface area (Å²) in [6, 6.07) is 3.55. The molecule has 2 aromatic rings. The quantitative estimate of drug-likeness (QED) is 0.688. The number of aromatic nitrogens is 2. The van der Waals surface area contributed by atoms with Crippen LogP contribution in [-0.4, -0.2) is 55.1 Å². The van der Waals surface area contributed by atoms with Gasteiger partial charge in [0, 0.05) is 37.1 Å². The fourth-order valence-electron chi connectivity index (χ4n) is 3.19. The second-order valence-corrected chi connectivity index (χ2v) is 6.70. The van der Waals surface area contributed by atoms with Gasteiger partial charge in [0.15, 0.2) is 0 Å². The van der Waals surface area contributed by atoms with Gasteiger partial charge >= 0.3 is 6.18 Å². The molecule has 1 aromatic carbocycles. The van der Waals surface area contributed by atoms with Crippen molar-refractivity contribution < 1.29 is 27.4 Å². The summed E-state index contributed by atoms with van der Waals surface area (Å²) in [5.74, 6) is 0.193. The highest BCUT2D eigenvalue weighted by atomic mass is 19.4. The van der Waals surface area contributed by atoms with Crippen LogP contribution in [0.4, 0.5) is 30.6 Å². The smallest absolute Gasteiger partial charge is 0.421 e. The summed E-state index contributed by atoms with van der Waals surface area (Å²) in [4.78, 5) is 20.4. The first kappa shape index (κ1) is 21.6. The van der Waals surface area contributed by atoms with Crippen molar-refractivity contribution >= 4 is 23.9 Å². The molecule has 1 amide bonds. The Morgan fingerprint density at radius 1 is 1.37 bits per heavy atom. The average molecular weight is 425 g/mol. The van der Waals surface area contributed by atoms with Gasteiger partial charge in [0.1, 0.15) is 23.2 Å². The lowest BCUT2D eigenvalue weighted by Crippen LogP contribution is -2.37. The largest absolute Gasteiger partial charge is 0.496 e. The predicted octanol–water partition coefficient (Wildman–Crippen LogP) is 3.13. The van der Waals surface area contributed by atoms with Crippen molar-refractivity contribution in [1.29, 1.82) is 0 Å². The first-order valence-electron chi connectivity index (χ1n) is 9.15. The van der Waals surface area contributed by atoms with Crippen molar-refractivity contribution in [2.75, 3.05) is 44.5 Å². The van der Waals surface area contributed by atoms with Gasteiger partial charge in [0.05, 0.1) is 20.3 Å². The number of hydrogen-bond acceptors (Lipinski definition) is 7. The Morgan fingerprint density at radius 2 is 2.13 bits per heavy atom. The maximum Gasteiger partial charge on any atom is 0.421 e. The molecule has 1 atom stereocenters. The van der Waals surface area contributed by atoms with Crippen molar-refractivity contribution in [3.8, 4) is 5.75 Å². The van der Waals surface area contributed by atoms with Gasteiger partial charge in [-0.25, -0.2) is 4.98 Å². The third-order valence-corrected chi connectivity index (χ3v) is 4.75. The molecule has 0 bridgehead atoms. The Morgan fingerprint density at radius 3 is 2.77 bits per heavy atom. The molecule has 11 heteroatoms. The zero-order valence-electron chi connectivity index (χ0n) is 16.7. The van der Waals surface area contributed by atoms with Crippen molar-refractivity contribution in [2.24, 2.45) is 0 Å². The summed E-state index contributed by atoms with van der Waals surface area (Å²) >= 11 is 0. The number of amides is 1. The molecule has 0 radical (unpaired) electrons. The van der Waals surface area contributed by atoms with E-state index in [0.717, 1.165) is 23.7 Å². The molecule has 1 aliphatic heterocycles. The van der Waals surface area contributed by atoms with Crippen molar-refractivity contribution in [3.05, 3.63) is 35.0 Å². The molecule has 162 valence electrons. The highest BCUT2D eigenvalue weighted by molar-refractivity contribution is 5.64. The lowest BCUT2D eigenvalue weighted by molar-refractivity contribution is -0.137. The van der Waals surface area contributed by atoms with Crippen LogP contribution in [0.3, 0.4) is 0 Å². The maximum atomic E-state index is 13.0. The van der Waals surface area contributed by atoms with Gasteiger partial charge in [-0.15, -0.1) is 0 Å². The van der Waals surface area contributed by atoms with Gasteiger partial charge < -0.3 is 25.0 Å². The Hall–Kier alpha value is -3.08. The van der Waals surface area contributed by atoms with E-state index >= 15 is 0 Å². The number of methoxy groups -OCH3 is 1. The minimum absolute atomic E-state index is 0.00583. The number of nitrogens with zero attached hydrogens (tertiary/aromatic N) is 3. The molecule has 1 saturated heterocycles. The summed E-state index contributed by atoms with van der Waals surface area (Å²) in [7, 11) is 2.86. The number of carbonyl (C=O) groups excluding carboxylic acids is 1. The molecule has 0 saturated carbocycles. The van der Waals surface area contributed by atoms with Crippen LogP contribution in [0.25, 0.3) is 0 Å². The molecule has 1 aromatic heterocycles. The van der Waals surface area contributed by atoms with Gasteiger partial charge in [0.2, 0.25) is 12.4 Å². The Balaban J connectivity index is 1.90. The normalized spacial score (nSPS) is 16.9. The monoisotopic (exact) mass is 425 g/mol. The molecule has 1 unspecified atom stereocenters. The van der Waals surface area contributed by atoms with E-state index in [1.54, 1.807) is 11.0 Å². The highest BCUT2D eigenvalue weighted by Gasteiger charge is 2.35. The van der Waals surface area contributed by atoms with Gasteiger partial charge in [-0.3, -0.25) is 4.79 Å². The maximum absolute atomic E-state index is 13.0. The van der Waals surface area contributed by atoms with Crippen LogP contribution in [-0.2, 0) is 15.7 Å². The summed E-state index contributed by atoms with van der Waals surface area (Å²) < 4.78 is 50.4. The van der Waals surface area contributed by atoms with Gasteiger partial charge in [-0.05, 0) is 18.6 Å². The predicted molar refractivity (Wildman–Crippen MR) is 104 cm³/mol. The number of ether oxygens (including phenoxy) is 2. The number of anilines is 3. The van der Waals surface area contributed by atoms with Gasteiger partial charge in [-0.1, -0.05) is 0 Å². The molecule has 2 heterocycles. The van der Waals surface area contributed by atoms with Gasteiger partial charge in [0.25, 0.3) is 0 Å². The molecule has 3 rings (SSSR count). The van der Waals surface area contributed by atoms with Crippen molar-refractivity contribution in [2.45, 2.75) is 19.2 Å². The van der Waals surface area contributed by atoms with E-state index in [-0.39, 0.29) is 17.9 Å². The summed E-state index contributed by atoms with van der Waals surface area (Å²) in [5.41, 5.74) is 1.18. The fraction of sp³-hybridized carbons (Fsp3) is 0.421. The van der Waals surface area contributed by atoms with Crippen LogP contribution < -0.4 is 15.4 Å². The second kappa shape index (κ2) is 8.74. The average Bonchev–Trinajstić information content (AvgIpc) is 2.74. The molecule has 0 spiro atoms. The molecule has 0 aliphatic carbocycles. The number of alkyl halides is 3. The minimum atomic E-state index is -4.56. The van der Waals surface area contributed by atoms with Crippen LogP contribution in [0.15, 0.2) is 18.3 Å². The standard InChI is InChI=1S/C19H22F3N5O3/c1-11-6-12(16-9-27(10-28)4-5-30-16)15(29-3)7-14(11)25-18-24-8-13(19(20,21)22)17(23-2)26-18/h6-8,10,16H,4-5,9H2,1-3H3,(H2,23,24,25,26). The van der Waals surface area contributed by atoms with Crippen LogP contribution in [0.1, 0.15) is 22.8 Å². The Bertz CT molecular complexity index is 923.